The predicted octanol–water partition coefficient (Wildman–Crippen LogP) is 4.87. The molecule has 0 aliphatic rings. The van der Waals surface area contributed by atoms with Gasteiger partial charge in [0.1, 0.15) is 5.82 Å². The second-order valence-corrected chi connectivity index (χ2v) is 5.54. The number of benzene rings is 2. The van der Waals surface area contributed by atoms with Crippen LogP contribution >= 0.6 is 27.5 Å². The summed E-state index contributed by atoms with van der Waals surface area (Å²) in [6.07, 6.45) is 0. The van der Waals surface area contributed by atoms with Gasteiger partial charge in [-0.05, 0) is 35.9 Å². The molecule has 0 aromatic heterocycles. The van der Waals surface area contributed by atoms with Gasteiger partial charge in [-0.2, -0.15) is 0 Å². The molecule has 0 amide bonds. The van der Waals surface area contributed by atoms with Gasteiger partial charge in [-0.25, -0.2) is 4.39 Å². The molecule has 0 saturated heterocycles. The average Bonchev–Trinajstić information content (AvgIpc) is 2.47. The van der Waals surface area contributed by atoms with Crippen molar-refractivity contribution in [2.24, 2.45) is 0 Å². The van der Waals surface area contributed by atoms with E-state index in [2.05, 4.69) is 21.2 Å². The smallest absolute Gasteiger partial charge is 0.161 e. The summed E-state index contributed by atoms with van der Waals surface area (Å²) in [5.41, 5.74) is 1.63. The Kier molecular flexibility index (Phi) is 5.31. The van der Waals surface area contributed by atoms with Gasteiger partial charge in [-0.15, -0.1) is 0 Å². The van der Waals surface area contributed by atoms with Crippen LogP contribution in [0.25, 0.3) is 0 Å². The molecule has 0 atom stereocenters. The molecule has 0 unspecified atom stereocenters. The molecule has 3 nitrogen and oxygen atoms in total. The summed E-state index contributed by atoms with van der Waals surface area (Å²) in [6, 6.07) is 7.94. The molecule has 0 heterocycles. The van der Waals surface area contributed by atoms with Crippen molar-refractivity contribution in [3.8, 4) is 11.5 Å². The zero-order chi connectivity index (χ0) is 15.4. The van der Waals surface area contributed by atoms with Gasteiger partial charge in [0.2, 0.25) is 0 Å². The van der Waals surface area contributed by atoms with E-state index in [1.807, 2.05) is 12.1 Å². The lowest BCUT2D eigenvalue weighted by atomic mass is 10.2. The molecular formula is C15H14BrClFNO2. The summed E-state index contributed by atoms with van der Waals surface area (Å²) >= 11 is 9.47. The van der Waals surface area contributed by atoms with Gasteiger partial charge < -0.3 is 14.8 Å². The van der Waals surface area contributed by atoms with Crippen LogP contribution in [0.2, 0.25) is 5.02 Å². The van der Waals surface area contributed by atoms with Gasteiger partial charge in [-0.1, -0.05) is 27.5 Å². The quantitative estimate of drug-likeness (QED) is 0.810. The van der Waals surface area contributed by atoms with Gasteiger partial charge in [0.05, 0.1) is 24.9 Å². The minimum Gasteiger partial charge on any atom is -0.493 e. The number of halogens is 3. The van der Waals surface area contributed by atoms with E-state index in [0.717, 1.165) is 10.0 Å². The third kappa shape index (κ3) is 3.80. The fraction of sp³-hybridized carbons (Fsp3) is 0.200. The fourth-order valence-corrected chi connectivity index (χ4v) is 2.55. The van der Waals surface area contributed by atoms with Gasteiger partial charge >= 0.3 is 0 Å². The minimum absolute atomic E-state index is 0.339. The summed E-state index contributed by atoms with van der Waals surface area (Å²) in [5, 5.41) is 3.50. The highest BCUT2D eigenvalue weighted by atomic mass is 79.9. The zero-order valence-electron chi connectivity index (χ0n) is 11.5. The topological polar surface area (TPSA) is 30.5 Å². The lowest BCUT2D eigenvalue weighted by molar-refractivity contribution is 0.354. The molecule has 0 fully saturated rings. The second-order valence-electron chi connectivity index (χ2n) is 4.28. The Morgan fingerprint density at radius 2 is 1.81 bits per heavy atom. The summed E-state index contributed by atoms with van der Waals surface area (Å²) in [4.78, 5) is 0. The van der Waals surface area contributed by atoms with Crippen molar-refractivity contribution in [3.05, 3.63) is 51.2 Å². The Labute approximate surface area is 136 Å². The number of ether oxygens (including phenoxy) is 2. The van der Waals surface area contributed by atoms with Crippen LogP contribution in [0.1, 0.15) is 5.56 Å². The largest absolute Gasteiger partial charge is 0.493 e. The molecule has 21 heavy (non-hydrogen) atoms. The molecule has 0 aliphatic heterocycles. The average molecular weight is 375 g/mol. The van der Waals surface area contributed by atoms with Crippen molar-refractivity contribution in [2.75, 3.05) is 19.5 Å². The maximum absolute atomic E-state index is 13.0. The molecule has 112 valence electrons. The molecule has 6 heteroatoms. The maximum atomic E-state index is 13.0. The van der Waals surface area contributed by atoms with Crippen LogP contribution in [0.15, 0.2) is 34.8 Å². The highest BCUT2D eigenvalue weighted by molar-refractivity contribution is 9.10. The second kappa shape index (κ2) is 7.00. The normalized spacial score (nSPS) is 10.3. The highest BCUT2D eigenvalue weighted by Gasteiger charge is 2.10. The summed E-state index contributed by atoms with van der Waals surface area (Å²) in [6.45, 7) is 0.506. The summed E-state index contributed by atoms with van der Waals surface area (Å²) < 4.78 is 24.4. The van der Waals surface area contributed by atoms with Crippen LogP contribution in [-0.2, 0) is 6.54 Å². The standard InChI is InChI=1S/C15H14BrClFNO2/c1-20-14-5-9(11(16)7-15(14)21-2)8-19-13-4-3-10(18)6-12(13)17/h3-7,19H,8H2,1-2H3. The van der Waals surface area contributed by atoms with E-state index in [0.29, 0.717) is 28.8 Å². The van der Waals surface area contributed by atoms with Crippen LogP contribution in [0.5, 0.6) is 11.5 Å². The molecule has 2 aromatic carbocycles. The SMILES string of the molecule is COc1cc(Br)c(CNc2ccc(F)cc2Cl)cc1OC. The molecule has 0 radical (unpaired) electrons. The van der Waals surface area contributed by atoms with E-state index in [1.165, 1.54) is 12.1 Å². The first kappa shape index (κ1) is 15.9. The molecule has 0 saturated carbocycles. The van der Waals surface area contributed by atoms with E-state index in [4.69, 9.17) is 21.1 Å². The first-order valence-corrected chi connectivity index (χ1v) is 7.31. The third-order valence-corrected chi connectivity index (χ3v) is 4.00. The van der Waals surface area contributed by atoms with Crippen molar-refractivity contribution < 1.29 is 13.9 Å². The Morgan fingerprint density at radius 3 is 2.43 bits per heavy atom. The van der Waals surface area contributed by atoms with Crippen molar-refractivity contribution in [2.45, 2.75) is 6.54 Å². The summed E-state index contributed by atoms with van der Waals surface area (Å²) in [7, 11) is 3.17. The first-order valence-electron chi connectivity index (χ1n) is 6.14. The lowest BCUT2D eigenvalue weighted by Crippen LogP contribution is -2.02. The number of hydrogen-bond donors (Lipinski definition) is 1. The maximum Gasteiger partial charge on any atom is 0.161 e. The Hall–Kier alpha value is -1.46. The Bertz CT molecular complexity index is 652. The minimum atomic E-state index is -0.363. The molecule has 1 N–H and O–H groups in total. The molecule has 0 spiro atoms. The first-order chi connectivity index (χ1) is 10.0. The number of methoxy groups -OCH3 is 2. The zero-order valence-corrected chi connectivity index (χ0v) is 13.9. The Morgan fingerprint density at radius 1 is 1.14 bits per heavy atom. The van der Waals surface area contributed by atoms with E-state index < -0.39 is 0 Å². The number of anilines is 1. The number of rotatable bonds is 5. The van der Waals surface area contributed by atoms with E-state index in [9.17, 15) is 4.39 Å². The lowest BCUT2D eigenvalue weighted by Gasteiger charge is -2.13. The van der Waals surface area contributed by atoms with Crippen LogP contribution in [0, 0.1) is 5.82 Å². The molecule has 0 aliphatic carbocycles. The summed E-state index contributed by atoms with van der Waals surface area (Å²) in [5.74, 6) is 0.925. The van der Waals surface area contributed by atoms with E-state index >= 15 is 0 Å². The van der Waals surface area contributed by atoms with Crippen molar-refractivity contribution >= 4 is 33.2 Å². The molecular weight excluding hydrogens is 361 g/mol. The van der Waals surface area contributed by atoms with Crippen LogP contribution < -0.4 is 14.8 Å². The fourth-order valence-electron chi connectivity index (χ4n) is 1.86. The van der Waals surface area contributed by atoms with E-state index in [1.54, 1.807) is 20.3 Å². The van der Waals surface area contributed by atoms with Gasteiger partial charge in [-0.3, -0.25) is 0 Å². The van der Waals surface area contributed by atoms with Gasteiger partial charge in [0.15, 0.2) is 11.5 Å². The van der Waals surface area contributed by atoms with Crippen LogP contribution in [0.3, 0.4) is 0 Å². The van der Waals surface area contributed by atoms with Gasteiger partial charge in [0.25, 0.3) is 0 Å². The Balaban J connectivity index is 2.19. The molecule has 0 bridgehead atoms. The third-order valence-electron chi connectivity index (χ3n) is 2.95. The van der Waals surface area contributed by atoms with E-state index in [-0.39, 0.29) is 5.82 Å². The van der Waals surface area contributed by atoms with Crippen LogP contribution in [0.4, 0.5) is 10.1 Å². The van der Waals surface area contributed by atoms with Crippen LogP contribution in [-0.4, -0.2) is 14.2 Å². The van der Waals surface area contributed by atoms with Crippen molar-refractivity contribution in [1.82, 2.24) is 0 Å². The molecule has 2 rings (SSSR count). The monoisotopic (exact) mass is 373 g/mol. The number of nitrogens with one attached hydrogen (secondary N) is 1. The van der Waals surface area contributed by atoms with Crippen molar-refractivity contribution in [1.29, 1.82) is 0 Å². The van der Waals surface area contributed by atoms with Crippen molar-refractivity contribution in [3.63, 3.8) is 0 Å². The predicted molar refractivity (Wildman–Crippen MR) is 86.0 cm³/mol. The van der Waals surface area contributed by atoms with Gasteiger partial charge in [0, 0.05) is 11.0 Å². The molecule has 2 aromatic rings. The highest BCUT2D eigenvalue weighted by Crippen LogP contribution is 2.34. The number of hydrogen-bond acceptors (Lipinski definition) is 3.